The molecule has 2 heterocycles. The molecule has 2 amide bonds. The van der Waals surface area contributed by atoms with E-state index in [-0.39, 0.29) is 34.2 Å². The van der Waals surface area contributed by atoms with E-state index in [2.05, 4.69) is 20.8 Å². The molecule has 2 aromatic carbocycles. The van der Waals surface area contributed by atoms with Crippen LogP contribution in [0, 0.1) is 0 Å². The Labute approximate surface area is 202 Å². The van der Waals surface area contributed by atoms with Gasteiger partial charge in [0.05, 0.1) is 4.90 Å². The Kier molecular flexibility index (Phi) is 7.35. The zero-order valence-electron chi connectivity index (χ0n) is 18.6. The lowest BCUT2D eigenvalue weighted by molar-refractivity contribution is -0.115. The number of carbonyl (C=O) groups is 2. The molecule has 1 atom stereocenters. The lowest BCUT2D eigenvalue weighted by atomic mass is 10.0. The summed E-state index contributed by atoms with van der Waals surface area (Å²) in [6.07, 6.45) is 1.79. The SMILES string of the molecule is CCC(=O)Nc1ccc(S(=O)(=O)N2CCC[C@H](c3nnc(C(=O)Nc4ccccc4)s3)C2)cc1. The zero-order chi connectivity index (χ0) is 24.1. The second-order valence-corrected chi connectivity index (χ2v) is 10.8. The standard InChI is InChI=1S/C23H25N5O4S2/c1-2-20(29)24-18-10-12-19(13-11-18)34(31,32)28-14-6-7-16(15-28)22-26-27-23(33-22)21(30)25-17-8-4-3-5-9-17/h3-5,8-13,16H,2,6-7,14-15H2,1H3,(H,24,29)(H,25,30)/t16-/m0/s1. The summed E-state index contributed by atoms with van der Waals surface area (Å²) in [7, 11) is -3.71. The van der Waals surface area contributed by atoms with E-state index in [1.807, 2.05) is 18.2 Å². The zero-order valence-corrected chi connectivity index (χ0v) is 20.2. The van der Waals surface area contributed by atoms with Crippen LogP contribution in [0.5, 0.6) is 0 Å². The van der Waals surface area contributed by atoms with Gasteiger partial charge >= 0.3 is 0 Å². The number of hydrogen-bond acceptors (Lipinski definition) is 7. The molecule has 4 rings (SSSR count). The molecule has 0 spiro atoms. The summed E-state index contributed by atoms with van der Waals surface area (Å²) in [5, 5.41) is 14.6. The number of anilines is 2. The number of nitrogens with zero attached hydrogens (tertiary/aromatic N) is 3. The number of hydrogen-bond donors (Lipinski definition) is 2. The highest BCUT2D eigenvalue weighted by molar-refractivity contribution is 7.89. The van der Waals surface area contributed by atoms with Crippen LogP contribution in [-0.4, -0.2) is 47.8 Å². The Hall–Kier alpha value is -3.15. The predicted molar refractivity (Wildman–Crippen MR) is 130 cm³/mol. The Morgan fingerprint density at radius 3 is 2.44 bits per heavy atom. The van der Waals surface area contributed by atoms with Crippen LogP contribution >= 0.6 is 11.3 Å². The highest BCUT2D eigenvalue weighted by atomic mass is 32.2. The molecule has 0 radical (unpaired) electrons. The number of piperidine rings is 1. The number of rotatable bonds is 7. The first-order valence-corrected chi connectivity index (χ1v) is 13.2. The van der Waals surface area contributed by atoms with Crippen molar-refractivity contribution in [3.05, 3.63) is 64.6 Å². The maximum Gasteiger partial charge on any atom is 0.286 e. The predicted octanol–water partition coefficient (Wildman–Crippen LogP) is 3.71. The Morgan fingerprint density at radius 2 is 1.74 bits per heavy atom. The molecular formula is C23H25N5O4S2. The van der Waals surface area contributed by atoms with Gasteiger partial charge in [0.15, 0.2) is 0 Å². The van der Waals surface area contributed by atoms with Crippen molar-refractivity contribution in [2.75, 3.05) is 23.7 Å². The molecule has 0 saturated carbocycles. The van der Waals surface area contributed by atoms with E-state index >= 15 is 0 Å². The fraction of sp³-hybridized carbons (Fsp3) is 0.304. The van der Waals surface area contributed by atoms with Crippen molar-refractivity contribution < 1.29 is 18.0 Å². The summed E-state index contributed by atoms with van der Waals surface area (Å²) in [5.41, 5.74) is 1.22. The van der Waals surface area contributed by atoms with Gasteiger partial charge in [0.1, 0.15) is 5.01 Å². The highest BCUT2D eigenvalue weighted by Gasteiger charge is 2.33. The summed E-state index contributed by atoms with van der Waals surface area (Å²) in [6, 6.07) is 15.3. The number of para-hydroxylation sites is 1. The lowest BCUT2D eigenvalue weighted by Gasteiger charge is -2.30. The van der Waals surface area contributed by atoms with Crippen molar-refractivity contribution >= 4 is 44.5 Å². The molecule has 0 bridgehead atoms. The molecule has 0 aliphatic carbocycles. The van der Waals surface area contributed by atoms with Crippen molar-refractivity contribution in [1.82, 2.24) is 14.5 Å². The minimum Gasteiger partial charge on any atom is -0.326 e. The molecule has 178 valence electrons. The normalized spacial score (nSPS) is 16.7. The van der Waals surface area contributed by atoms with E-state index in [0.717, 1.165) is 6.42 Å². The maximum absolute atomic E-state index is 13.2. The fourth-order valence-electron chi connectivity index (χ4n) is 3.67. The van der Waals surface area contributed by atoms with Gasteiger partial charge in [0.25, 0.3) is 5.91 Å². The molecule has 1 aromatic heterocycles. The van der Waals surface area contributed by atoms with Crippen LogP contribution in [0.2, 0.25) is 0 Å². The third-order valence-corrected chi connectivity index (χ3v) is 8.46. The molecule has 9 nitrogen and oxygen atoms in total. The largest absolute Gasteiger partial charge is 0.326 e. The molecular weight excluding hydrogens is 474 g/mol. The minimum absolute atomic E-state index is 0.136. The Bertz CT molecular complexity index is 1260. The van der Waals surface area contributed by atoms with Crippen LogP contribution in [0.1, 0.15) is 46.9 Å². The average molecular weight is 500 g/mol. The number of amides is 2. The monoisotopic (exact) mass is 499 g/mol. The molecule has 1 aliphatic heterocycles. The van der Waals surface area contributed by atoms with E-state index in [9.17, 15) is 18.0 Å². The van der Waals surface area contributed by atoms with Gasteiger partial charge < -0.3 is 10.6 Å². The van der Waals surface area contributed by atoms with Gasteiger partial charge in [-0.25, -0.2) is 8.42 Å². The van der Waals surface area contributed by atoms with Crippen LogP contribution in [0.4, 0.5) is 11.4 Å². The fourth-order valence-corrected chi connectivity index (χ4v) is 6.06. The van der Waals surface area contributed by atoms with Crippen molar-refractivity contribution in [1.29, 1.82) is 0 Å². The molecule has 0 unspecified atom stereocenters. The van der Waals surface area contributed by atoms with E-state index in [1.54, 1.807) is 31.2 Å². The van der Waals surface area contributed by atoms with E-state index in [4.69, 9.17) is 0 Å². The molecule has 1 fully saturated rings. The average Bonchev–Trinajstić information content (AvgIpc) is 3.36. The number of sulfonamides is 1. The number of nitrogens with one attached hydrogen (secondary N) is 2. The van der Waals surface area contributed by atoms with Gasteiger partial charge in [0, 0.05) is 36.8 Å². The van der Waals surface area contributed by atoms with Gasteiger partial charge in [-0.15, -0.1) is 10.2 Å². The van der Waals surface area contributed by atoms with E-state index < -0.39 is 10.0 Å². The molecule has 34 heavy (non-hydrogen) atoms. The summed E-state index contributed by atoms with van der Waals surface area (Å²) < 4.78 is 27.9. The summed E-state index contributed by atoms with van der Waals surface area (Å²) in [6.45, 7) is 2.43. The molecule has 1 saturated heterocycles. The van der Waals surface area contributed by atoms with Gasteiger partial charge in [-0.3, -0.25) is 9.59 Å². The highest BCUT2D eigenvalue weighted by Crippen LogP contribution is 2.32. The minimum atomic E-state index is -3.71. The maximum atomic E-state index is 13.2. The second-order valence-electron chi connectivity index (χ2n) is 7.89. The van der Waals surface area contributed by atoms with E-state index in [0.29, 0.717) is 35.8 Å². The van der Waals surface area contributed by atoms with Crippen LogP contribution in [-0.2, 0) is 14.8 Å². The van der Waals surface area contributed by atoms with E-state index in [1.165, 1.54) is 27.8 Å². The van der Waals surface area contributed by atoms with Gasteiger partial charge in [0.2, 0.25) is 20.9 Å². The first kappa shape index (κ1) is 24.0. The third-order valence-electron chi connectivity index (χ3n) is 5.50. The number of aromatic nitrogens is 2. The molecule has 2 N–H and O–H groups in total. The van der Waals surface area contributed by atoms with Gasteiger partial charge in [-0.05, 0) is 49.2 Å². The van der Waals surface area contributed by atoms with Crippen LogP contribution in [0.15, 0.2) is 59.5 Å². The number of carbonyl (C=O) groups excluding carboxylic acids is 2. The summed E-state index contributed by atoms with van der Waals surface area (Å²) in [5.74, 6) is -0.615. The number of benzene rings is 2. The topological polar surface area (TPSA) is 121 Å². The Morgan fingerprint density at radius 1 is 1.03 bits per heavy atom. The smallest absolute Gasteiger partial charge is 0.286 e. The first-order valence-electron chi connectivity index (χ1n) is 11.0. The van der Waals surface area contributed by atoms with Crippen molar-refractivity contribution in [3.63, 3.8) is 0 Å². The Balaban J connectivity index is 1.44. The molecule has 1 aliphatic rings. The first-order chi connectivity index (χ1) is 16.4. The third kappa shape index (κ3) is 5.49. The molecule has 11 heteroatoms. The van der Waals surface area contributed by atoms with Crippen LogP contribution in [0.25, 0.3) is 0 Å². The quantitative estimate of drug-likeness (QED) is 0.511. The molecule has 3 aromatic rings. The van der Waals surface area contributed by atoms with Crippen molar-refractivity contribution in [2.24, 2.45) is 0 Å². The second kappa shape index (κ2) is 10.4. The van der Waals surface area contributed by atoms with Crippen LogP contribution in [0.3, 0.4) is 0 Å². The summed E-state index contributed by atoms with van der Waals surface area (Å²) in [4.78, 5) is 24.2. The lowest BCUT2D eigenvalue weighted by Crippen LogP contribution is -2.39. The van der Waals surface area contributed by atoms with Crippen LogP contribution < -0.4 is 10.6 Å². The van der Waals surface area contributed by atoms with Gasteiger partial charge in [-0.1, -0.05) is 36.5 Å². The summed E-state index contributed by atoms with van der Waals surface area (Å²) >= 11 is 1.19. The van der Waals surface area contributed by atoms with Crippen molar-refractivity contribution in [3.8, 4) is 0 Å². The van der Waals surface area contributed by atoms with Crippen molar-refractivity contribution in [2.45, 2.75) is 37.0 Å². The van der Waals surface area contributed by atoms with Gasteiger partial charge in [-0.2, -0.15) is 4.31 Å².